The number of nitrogens with one attached hydrogen (secondary N) is 1. The Bertz CT molecular complexity index is 384. The quantitative estimate of drug-likeness (QED) is 0.766. The first-order valence-corrected chi connectivity index (χ1v) is 4.80. The molecule has 3 nitrogen and oxygen atoms in total. The summed E-state index contributed by atoms with van der Waals surface area (Å²) in [6, 6.07) is 5.62. The molecule has 0 atom stereocenters. The topological polar surface area (TPSA) is 50.9 Å². The average Bonchev–Trinajstić information content (AvgIpc) is 2.61. The van der Waals surface area contributed by atoms with Gasteiger partial charge in [-0.25, -0.2) is 4.98 Å². The standard InChI is InChI=1S/C9H9N3S/c10-8-2-1-4-11-9(8)12-7-3-5-13-6-7/h1-6H,10H2,(H,11,12). The molecule has 13 heavy (non-hydrogen) atoms. The molecule has 0 aliphatic heterocycles. The first-order valence-electron chi connectivity index (χ1n) is 3.86. The van der Waals surface area contributed by atoms with Crippen molar-refractivity contribution in [2.45, 2.75) is 0 Å². The van der Waals surface area contributed by atoms with Crippen molar-refractivity contribution in [3.8, 4) is 0 Å². The minimum absolute atomic E-state index is 0.661. The lowest BCUT2D eigenvalue weighted by atomic mass is 10.4. The number of hydrogen-bond acceptors (Lipinski definition) is 4. The second kappa shape index (κ2) is 3.45. The van der Waals surface area contributed by atoms with E-state index in [2.05, 4.69) is 10.3 Å². The van der Waals surface area contributed by atoms with Crippen LogP contribution >= 0.6 is 11.3 Å². The smallest absolute Gasteiger partial charge is 0.153 e. The van der Waals surface area contributed by atoms with Crippen LogP contribution in [0.5, 0.6) is 0 Å². The Morgan fingerprint density at radius 3 is 3.00 bits per heavy atom. The molecule has 2 rings (SSSR count). The van der Waals surface area contributed by atoms with Gasteiger partial charge in [0, 0.05) is 11.6 Å². The molecule has 0 radical (unpaired) electrons. The van der Waals surface area contributed by atoms with Crippen LogP contribution in [0.4, 0.5) is 17.2 Å². The first kappa shape index (κ1) is 8.07. The summed E-state index contributed by atoms with van der Waals surface area (Å²) in [5, 5.41) is 7.14. The van der Waals surface area contributed by atoms with Crippen LogP contribution in [0, 0.1) is 0 Å². The number of thiophene rings is 1. The SMILES string of the molecule is Nc1cccnc1Nc1ccsc1. The highest BCUT2D eigenvalue weighted by molar-refractivity contribution is 7.08. The summed E-state index contributed by atoms with van der Waals surface area (Å²) in [7, 11) is 0. The van der Waals surface area contributed by atoms with Crippen molar-refractivity contribution in [1.82, 2.24) is 4.98 Å². The lowest BCUT2D eigenvalue weighted by Gasteiger charge is -2.04. The van der Waals surface area contributed by atoms with E-state index in [9.17, 15) is 0 Å². The molecule has 2 heterocycles. The van der Waals surface area contributed by atoms with Crippen molar-refractivity contribution in [2.24, 2.45) is 0 Å². The van der Waals surface area contributed by atoms with Gasteiger partial charge in [-0.15, -0.1) is 0 Å². The van der Waals surface area contributed by atoms with Gasteiger partial charge < -0.3 is 11.1 Å². The summed E-state index contributed by atoms with van der Waals surface area (Å²) < 4.78 is 0. The Labute approximate surface area is 80.2 Å². The van der Waals surface area contributed by atoms with E-state index >= 15 is 0 Å². The van der Waals surface area contributed by atoms with E-state index in [0.29, 0.717) is 11.5 Å². The number of nitrogens with zero attached hydrogens (tertiary/aromatic N) is 1. The van der Waals surface area contributed by atoms with E-state index in [1.165, 1.54) is 0 Å². The van der Waals surface area contributed by atoms with Crippen LogP contribution in [0.1, 0.15) is 0 Å². The van der Waals surface area contributed by atoms with Gasteiger partial charge in [0.05, 0.1) is 11.4 Å². The zero-order valence-corrected chi connectivity index (χ0v) is 7.71. The Morgan fingerprint density at radius 2 is 2.31 bits per heavy atom. The van der Waals surface area contributed by atoms with E-state index in [4.69, 9.17) is 5.73 Å². The molecule has 2 aromatic heterocycles. The third kappa shape index (κ3) is 1.78. The van der Waals surface area contributed by atoms with Crippen LogP contribution in [-0.4, -0.2) is 4.98 Å². The summed E-state index contributed by atoms with van der Waals surface area (Å²) >= 11 is 1.63. The van der Waals surface area contributed by atoms with E-state index < -0.39 is 0 Å². The maximum Gasteiger partial charge on any atom is 0.153 e. The Kier molecular flexibility index (Phi) is 2.14. The van der Waals surface area contributed by atoms with Crippen LogP contribution < -0.4 is 11.1 Å². The van der Waals surface area contributed by atoms with Gasteiger partial charge in [0.2, 0.25) is 0 Å². The fraction of sp³-hybridized carbons (Fsp3) is 0. The predicted molar refractivity (Wildman–Crippen MR) is 56.3 cm³/mol. The molecule has 0 amide bonds. The van der Waals surface area contributed by atoms with Gasteiger partial charge >= 0.3 is 0 Å². The van der Waals surface area contributed by atoms with E-state index in [-0.39, 0.29) is 0 Å². The zero-order chi connectivity index (χ0) is 9.10. The lowest BCUT2D eigenvalue weighted by Crippen LogP contribution is -1.97. The molecular formula is C9H9N3S. The maximum atomic E-state index is 5.72. The van der Waals surface area contributed by atoms with Crippen LogP contribution in [0.15, 0.2) is 35.2 Å². The highest BCUT2D eigenvalue weighted by atomic mass is 32.1. The Morgan fingerprint density at radius 1 is 1.38 bits per heavy atom. The largest absolute Gasteiger partial charge is 0.396 e. The molecule has 0 spiro atoms. The first-order chi connectivity index (χ1) is 6.36. The van der Waals surface area contributed by atoms with Crippen molar-refractivity contribution in [3.63, 3.8) is 0 Å². The molecule has 0 saturated carbocycles. The van der Waals surface area contributed by atoms with E-state index in [1.807, 2.05) is 29.0 Å². The third-order valence-electron chi connectivity index (χ3n) is 1.62. The van der Waals surface area contributed by atoms with Gasteiger partial charge in [0.25, 0.3) is 0 Å². The number of rotatable bonds is 2. The molecule has 2 aromatic rings. The van der Waals surface area contributed by atoms with Crippen LogP contribution in [0.25, 0.3) is 0 Å². The number of aromatic nitrogens is 1. The molecule has 0 aliphatic rings. The monoisotopic (exact) mass is 191 g/mol. The van der Waals surface area contributed by atoms with Gasteiger partial charge in [-0.2, -0.15) is 11.3 Å². The molecule has 0 fully saturated rings. The van der Waals surface area contributed by atoms with Crippen molar-refractivity contribution in [3.05, 3.63) is 35.2 Å². The predicted octanol–water partition coefficient (Wildman–Crippen LogP) is 2.47. The van der Waals surface area contributed by atoms with Gasteiger partial charge in [0.1, 0.15) is 0 Å². The van der Waals surface area contributed by atoms with Crippen molar-refractivity contribution < 1.29 is 0 Å². The van der Waals surface area contributed by atoms with Gasteiger partial charge in [-0.05, 0) is 23.6 Å². The van der Waals surface area contributed by atoms with Crippen LogP contribution in [-0.2, 0) is 0 Å². The Balaban J connectivity index is 2.24. The van der Waals surface area contributed by atoms with Crippen molar-refractivity contribution >= 4 is 28.5 Å². The van der Waals surface area contributed by atoms with Gasteiger partial charge in [-0.3, -0.25) is 0 Å². The third-order valence-corrected chi connectivity index (χ3v) is 2.31. The number of pyridine rings is 1. The molecule has 0 unspecified atom stereocenters. The van der Waals surface area contributed by atoms with Gasteiger partial charge in [-0.1, -0.05) is 0 Å². The number of nitrogen functional groups attached to an aromatic ring is 1. The van der Waals surface area contributed by atoms with Crippen molar-refractivity contribution in [2.75, 3.05) is 11.1 Å². The molecule has 0 aliphatic carbocycles. The minimum Gasteiger partial charge on any atom is -0.396 e. The summed E-state index contributed by atoms with van der Waals surface area (Å²) in [6.45, 7) is 0. The van der Waals surface area contributed by atoms with Crippen LogP contribution in [0.3, 0.4) is 0 Å². The number of nitrogens with two attached hydrogens (primary N) is 1. The molecule has 4 heteroatoms. The normalized spacial score (nSPS) is 9.85. The molecule has 66 valence electrons. The van der Waals surface area contributed by atoms with Gasteiger partial charge in [0.15, 0.2) is 5.82 Å². The number of anilines is 3. The van der Waals surface area contributed by atoms with E-state index in [0.717, 1.165) is 5.69 Å². The molecule has 0 saturated heterocycles. The average molecular weight is 191 g/mol. The minimum atomic E-state index is 0.661. The molecule has 0 aromatic carbocycles. The second-order valence-electron chi connectivity index (χ2n) is 2.58. The van der Waals surface area contributed by atoms with Crippen LogP contribution in [0.2, 0.25) is 0 Å². The highest BCUT2D eigenvalue weighted by Crippen LogP contribution is 2.21. The molecule has 0 bridgehead atoms. The second-order valence-corrected chi connectivity index (χ2v) is 3.36. The number of hydrogen-bond donors (Lipinski definition) is 2. The zero-order valence-electron chi connectivity index (χ0n) is 6.90. The lowest BCUT2D eigenvalue weighted by molar-refractivity contribution is 1.31. The highest BCUT2D eigenvalue weighted by Gasteiger charge is 1.98. The molecule has 3 N–H and O–H groups in total. The summed E-state index contributed by atoms with van der Waals surface area (Å²) in [5.74, 6) is 0.709. The van der Waals surface area contributed by atoms with Crippen molar-refractivity contribution in [1.29, 1.82) is 0 Å². The Hall–Kier alpha value is -1.55. The summed E-state index contributed by atoms with van der Waals surface area (Å²) in [5.41, 5.74) is 7.40. The molecular weight excluding hydrogens is 182 g/mol. The summed E-state index contributed by atoms with van der Waals surface area (Å²) in [4.78, 5) is 4.12. The fourth-order valence-electron chi connectivity index (χ4n) is 0.994. The van der Waals surface area contributed by atoms with E-state index in [1.54, 1.807) is 17.5 Å². The fourth-order valence-corrected chi connectivity index (χ4v) is 1.58. The maximum absolute atomic E-state index is 5.72. The summed E-state index contributed by atoms with van der Waals surface area (Å²) in [6.07, 6.45) is 1.71.